The molecular weight excluding hydrogens is 500 g/mol. The zero-order valence-electron chi connectivity index (χ0n) is 21.0. The van der Waals surface area contributed by atoms with Gasteiger partial charge < -0.3 is 9.47 Å². The summed E-state index contributed by atoms with van der Waals surface area (Å²) >= 11 is 6.40. The number of carbonyl (C=O) groups is 2. The van der Waals surface area contributed by atoms with E-state index in [1.807, 2.05) is 78.1 Å². The minimum Gasteiger partial charge on any atom is -0.314 e. The molecule has 0 aliphatic carbocycles. The minimum absolute atomic E-state index is 0.266. The van der Waals surface area contributed by atoms with Crippen LogP contribution in [0.15, 0.2) is 73.2 Å². The van der Waals surface area contributed by atoms with E-state index in [0.717, 1.165) is 40.5 Å². The Bertz CT molecular complexity index is 1750. The summed E-state index contributed by atoms with van der Waals surface area (Å²) in [6, 6.07) is 17.1. The van der Waals surface area contributed by atoms with Gasteiger partial charge >= 0.3 is 0 Å². The van der Waals surface area contributed by atoms with Crippen molar-refractivity contribution >= 4 is 56.4 Å². The highest BCUT2D eigenvalue weighted by molar-refractivity contribution is 6.50. The molecule has 6 rings (SSSR count). The normalized spacial score (nSPS) is 13.9. The molecule has 0 fully saturated rings. The number of benzene rings is 2. The third-order valence-electron chi connectivity index (χ3n) is 6.76. The van der Waals surface area contributed by atoms with Gasteiger partial charge in [-0.1, -0.05) is 29.8 Å². The number of fused-ring (bicyclic) bond motifs is 2. The summed E-state index contributed by atoms with van der Waals surface area (Å²) < 4.78 is 3.87. The number of carbonyl (C=O) groups excluding carboxylic acids is 2. The maximum absolute atomic E-state index is 13.3. The van der Waals surface area contributed by atoms with Crippen LogP contribution in [-0.4, -0.2) is 56.7 Å². The third kappa shape index (κ3) is 4.08. The van der Waals surface area contributed by atoms with Gasteiger partial charge in [0.15, 0.2) is 0 Å². The number of nitrogens with zero attached hydrogens (tertiary/aromatic N) is 5. The first-order valence-electron chi connectivity index (χ1n) is 12.3. The van der Waals surface area contributed by atoms with Crippen molar-refractivity contribution in [2.75, 3.05) is 20.6 Å². The molecule has 9 heteroatoms. The van der Waals surface area contributed by atoms with Crippen LogP contribution < -0.4 is 5.32 Å². The Morgan fingerprint density at radius 1 is 0.947 bits per heavy atom. The van der Waals surface area contributed by atoms with Crippen LogP contribution in [0.1, 0.15) is 17.7 Å². The highest BCUT2D eigenvalue weighted by Crippen LogP contribution is 2.39. The molecule has 38 heavy (non-hydrogen) atoms. The Hall–Kier alpha value is -4.27. The first-order valence-corrected chi connectivity index (χ1v) is 12.7. The Kier molecular flexibility index (Phi) is 6.06. The number of hydrogen-bond donors (Lipinski definition) is 1. The molecule has 5 aromatic rings. The molecule has 1 N–H and O–H groups in total. The Balaban J connectivity index is 1.59. The molecule has 8 nitrogen and oxygen atoms in total. The lowest BCUT2D eigenvalue weighted by molar-refractivity contribution is -0.122. The number of imide groups is 1. The molecule has 0 saturated heterocycles. The molecule has 1 aliphatic heterocycles. The topological polar surface area (TPSA) is 85.1 Å². The number of para-hydroxylation sites is 1. The van der Waals surface area contributed by atoms with E-state index in [1.165, 1.54) is 0 Å². The first-order chi connectivity index (χ1) is 18.4. The van der Waals surface area contributed by atoms with Crippen molar-refractivity contribution in [3.63, 3.8) is 0 Å². The maximum atomic E-state index is 13.3. The van der Waals surface area contributed by atoms with Crippen molar-refractivity contribution in [3.8, 4) is 5.69 Å². The zero-order valence-corrected chi connectivity index (χ0v) is 21.7. The summed E-state index contributed by atoms with van der Waals surface area (Å²) in [4.78, 5) is 33.0. The molecule has 0 bridgehead atoms. The van der Waals surface area contributed by atoms with E-state index < -0.39 is 11.8 Å². The van der Waals surface area contributed by atoms with Crippen LogP contribution >= 0.6 is 11.6 Å². The van der Waals surface area contributed by atoms with E-state index in [9.17, 15) is 9.59 Å². The fourth-order valence-electron chi connectivity index (χ4n) is 5.07. The third-order valence-corrected chi connectivity index (χ3v) is 7.00. The largest absolute Gasteiger partial charge is 0.314 e. The van der Waals surface area contributed by atoms with Crippen molar-refractivity contribution in [2.45, 2.75) is 13.0 Å². The van der Waals surface area contributed by atoms with E-state index in [1.54, 1.807) is 18.5 Å². The van der Waals surface area contributed by atoms with Gasteiger partial charge in [0.1, 0.15) is 5.69 Å². The average Bonchev–Trinajstić information content (AvgIpc) is 3.54. The fourth-order valence-corrected chi connectivity index (χ4v) is 5.24. The Morgan fingerprint density at radius 2 is 1.76 bits per heavy atom. The van der Waals surface area contributed by atoms with Crippen LogP contribution in [0.2, 0.25) is 5.02 Å². The van der Waals surface area contributed by atoms with Crippen LogP contribution in [0.5, 0.6) is 0 Å². The number of aromatic nitrogens is 4. The molecule has 0 saturated carbocycles. The second-order valence-electron chi connectivity index (χ2n) is 9.56. The van der Waals surface area contributed by atoms with Crippen molar-refractivity contribution in [3.05, 3.63) is 89.5 Å². The second-order valence-corrected chi connectivity index (χ2v) is 10.0. The Labute approximate surface area is 224 Å². The van der Waals surface area contributed by atoms with Crippen molar-refractivity contribution in [1.82, 2.24) is 29.5 Å². The summed E-state index contributed by atoms with van der Waals surface area (Å²) in [5, 5.41) is 9.50. The monoisotopic (exact) mass is 524 g/mol. The van der Waals surface area contributed by atoms with Gasteiger partial charge in [-0.15, -0.1) is 0 Å². The molecule has 0 spiro atoms. The summed E-state index contributed by atoms with van der Waals surface area (Å²) in [5.74, 6) is -0.917. The average molecular weight is 525 g/mol. The number of amides is 2. The standard InChI is InChI=1S/C29H25ClN6O2/c1-34(2)13-6-14-36-24-9-4-3-8-20(24)27(33-36)26-25(28(37)32-29(26)38)22-17-35(19-7-5-12-31-16-19)23-11-10-18(30)15-21(22)23/h3-5,7-12,15-17H,6,13-14H2,1-2H3,(H,32,37,38). The maximum Gasteiger partial charge on any atom is 0.261 e. The van der Waals surface area contributed by atoms with Gasteiger partial charge in [0.05, 0.1) is 34.1 Å². The smallest absolute Gasteiger partial charge is 0.261 e. The molecule has 0 unspecified atom stereocenters. The quantitative estimate of drug-likeness (QED) is 0.316. The molecule has 2 amide bonds. The lowest BCUT2D eigenvalue weighted by Gasteiger charge is -2.09. The SMILES string of the molecule is CN(C)CCCn1nc(C2=C(c3cn(-c4cccnc4)c4ccc(Cl)cc34)C(=O)NC2=O)c2ccccc21. The molecule has 3 aromatic heterocycles. The summed E-state index contributed by atoms with van der Waals surface area (Å²) in [6.45, 7) is 1.60. The highest BCUT2D eigenvalue weighted by atomic mass is 35.5. The lowest BCUT2D eigenvalue weighted by atomic mass is 9.97. The Morgan fingerprint density at radius 3 is 2.55 bits per heavy atom. The van der Waals surface area contributed by atoms with Crippen LogP contribution in [-0.2, 0) is 16.1 Å². The van der Waals surface area contributed by atoms with Gasteiger partial charge in [0, 0.05) is 40.3 Å². The summed E-state index contributed by atoms with van der Waals surface area (Å²) in [7, 11) is 4.07. The molecule has 1 aliphatic rings. The molecule has 190 valence electrons. The van der Waals surface area contributed by atoms with Gasteiger partial charge in [-0.3, -0.25) is 24.6 Å². The van der Waals surface area contributed by atoms with E-state index in [4.69, 9.17) is 16.7 Å². The van der Waals surface area contributed by atoms with Gasteiger partial charge in [-0.2, -0.15) is 5.10 Å². The predicted molar refractivity (Wildman–Crippen MR) is 149 cm³/mol. The van der Waals surface area contributed by atoms with Crippen LogP contribution in [0, 0.1) is 0 Å². The number of nitrogens with one attached hydrogen (secondary N) is 1. The zero-order chi connectivity index (χ0) is 26.4. The van der Waals surface area contributed by atoms with E-state index >= 15 is 0 Å². The molecule has 0 atom stereocenters. The number of rotatable bonds is 7. The van der Waals surface area contributed by atoms with Crippen LogP contribution in [0.4, 0.5) is 0 Å². The van der Waals surface area contributed by atoms with Crippen molar-refractivity contribution < 1.29 is 9.59 Å². The van der Waals surface area contributed by atoms with Crippen LogP contribution in [0.25, 0.3) is 38.6 Å². The van der Waals surface area contributed by atoms with Crippen LogP contribution in [0.3, 0.4) is 0 Å². The fraction of sp³-hybridized carbons (Fsp3) is 0.172. The molecule has 2 aromatic carbocycles. The molecule has 4 heterocycles. The van der Waals surface area contributed by atoms with Gasteiger partial charge in [0.2, 0.25) is 0 Å². The molecular formula is C29H25ClN6O2. The van der Waals surface area contributed by atoms with E-state index in [2.05, 4.69) is 15.2 Å². The van der Waals surface area contributed by atoms with Crippen molar-refractivity contribution in [1.29, 1.82) is 0 Å². The van der Waals surface area contributed by atoms with E-state index in [0.29, 0.717) is 22.8 Å². The van der Waals surface area contributed by atoms with Gasteiger partial charge in [-0.05, 0) is 63.5 Å². The van der Waals surface area contributed by atoms with Crippen molar-refractivity contribution in [2.24, 2.45) is 0 Å². The van der Waals surface area contributed by atoms with Gasteiger partial charge in [0.25, 0.3) is 11.8 Å². The summed E-state index contributed by atoms with van der Waals surface area (Å²) in [6.07, 6.45) is 6.21. The number of halogens is 1. The number of hydrogen-bond acceptors (Lipinski definition) is 5. The predicted octanol–water partition coefficient (Wildman–Crippen LogP) is 4.55. The first kappa shape index (κ1) is 24.1. The summed E-state index contributed by atoms with van der Waals surface area (Å²) in [5.41, 5.74) is 4.24. The highest BCUT2D eigenvalue weighted by Gasteiger charge is 2.36. The number of pyridine rings is 1. The van der Waals surface area contributed by atoms with Gasteiger partial charge in [-0.25, -0.2) is 0 Å². The molecule has 0 radical (unpaired) electrons. The van der Waals surface area contributed by atoms with E-state index in [-0.39, 0.29) is 11.1 Å². The second kappa shape index (κ2) is 9.55. The lowest BCUT2D eigenvalue weighted by Crippen LogP contribution is -2.22. The minimum atomic E-state index is -0.460. The number of aryl methyl sites for hydroxylation is 1.